The highest BCUT2D eigenvalue weighted by Gasteiger charge is 2.20. The van der Waals surface area contributed by atoms with Crippen LogP contribution in [0.25, 0.3) is 0 Å². The Labute approximate surface area is 145 Å². The molecule has 2 N–H and O–H groups in total. The fraction of sp³-hybridized carbons (Fsp3) is 0.500. The molecule has 2 aromatic rings. The summed E-state index contributed by atoms with van der Waals surface area (Å²) in [5.41, 5.74) is 1.13. The van der Waals surface area contributed by atoms with Crippen molar-refractivity contribution in [3.05, 3.63) is 29.8 Å². The molecule has 1 saturated heterocycles. The highest BCUT2D eigenvalue weighted by molar-refractivity contribution is 6.03. The molecule has 0 aromatic carbocycles. The zero-order valence-corrected chi connectivity index (χ0v) is 14.4. The van der Waals surface area contributed by atoms with E-state index in [0.717, 1.165) is 25.9 Å². The van der Waals surface area contributed by atoms with E-state index in [1.54, 1.807) is 41.7 Å². The molecule has 0 unspecified atom stereocenters. The number of nitrogens with one attached hydrogen (secondary N) is 2. The number of rotatable bonds is 5. The Morgan fingerprint density at radius 1 is 1.36 bits per heavy atom. The highest BCUT2D eigenvalue weighted by Crippen LogP contribution is 2.18. The monoisotopic (exact) mass is 346 g/mol. The average molecular weight is 346 g/mol. The Hall–Kier alpha value is -2.68. The first-order valence-electron chi connectivity index (χ1n) is 8.36. The first-order valence-corrected chi connectivity index (χ1v) is 8.36. The van der Waals surface area contributed by atoms with Crippen LogP contribution in [0, 0.1) is 0 Å². The molecular weight excluding hydrogens is 324 g/mol. The van der Waals surface area contributed by atoms with Gasteiger partial charge in [0.25, 0.3) is 5.91 Å². The van der Waals surface area contributed by atoms with Gasteiger partial charge in [0, 0.05) is 13.2 Å². The number of esters is 1. The third-order valence-corrected chi connectivity index (χ3v) is 4.17. The summed E-state index contributed by atoms with van der Waals surface area (Å²) in [7, 11) is 1.72. The van der Waals surface area contributed by atoms with E-state index in [1.807, 2.05) is 0 Å². The van der Waals surface area contributed by atoms with Crippen molar-refractivity contribution in [2.24, 2.45) is 7.05 Å². The van der Waals surface area contributed by atoms with Crippen molar-refractivity contribution in [2.75, 3.05) is 25.0 Å². The van der Waals surface area contributed by atoms with Crippen LogP contribution in [0.5, 0.6) is 0 Å². The lowest BCUT2D eigenvalue weighted by molar-refractivity contribution is 0.0515. The first-order chi connectivity index (χ1) is 12.1. The van der Waals surface area contributed by atoms with Gasteiger partial charge in [0.15, 0.2) is 5.69 Å². The smallest absolute Gasteiger partial charge is 0.355 e. The van der Waals surface area contributed by atoms with Gasteiger partial charge in [-0.15, -0.1) is 5.10 Å². The summed E-state index contributed by atoms with van der Waals surface area (Å²) in [5.74, 6) is -0.788. The Kier molecular flexibility index (Phi) is 5.13. The van der Waals surface area contributed by atoms with Crippen LogP contribution >= 0.6 is 0 Å². The van der Waals surface area contributed by atoms with Crippen LogP contribution < -0.4 is 10.6 Å². The molecule has 0 aliphatic carbocycles. The largest absolute Gasteiger partial charge is 0.461 e. The first kappa shape index (κ1) is 17.2. The summed E-state index contributed by atoms with van der Waals surface area (Å²) >= 11 is 0. The van der Waals surface area contributed by atoms with E-state index >= 15 is 0 Å². The Morgan fingerprint density at radius 3 is 2.84 bits per heavy atom. The van der Waals surface area contributed by atoms with E-state index in [0.29, 0.717) is 18.0 Å². The minimum Gasteiger partial charge on any atom is -0.461 e. The number of carbonyl (C=O) groups excluding carboxylic acids is 2. The van der Waals surface area contributed by atoms with Crippen molar-refractivity contribution in [1.29, 1.82) is 0 Å². The number of hydrogen-bond donors (Lipinski definition) is 2. The Balaban J connectivity index is 1.67. The average Bonchev–Trinajstić information content (AvgIpc) is 3.23. The molecule has 0 bridgehead atoms. The van der Waals surface area contributed by atoms with E-state index in [1.165, 1.54) is 0 Å². The molecule has 0 atom stereocenters. The standard InChI is InChI=1S/C16H22N6O3/c1-3-25-16(24)14-8-11(9-21(14)2)18-15(23)13-10-22(20-19-13)12-4-6-17-7-5-12/h8-10,12,17H,3-7H2,1-2H3,(H,18,23). The van der Waals surface area contributed by atoms with Gasteiger partial charge in [0.05, 0.1) is 24.5 Å². The van der Waals surface area contributed by atoms with Crippen LogP contribution in [0.4, 0.5) is 5.69 Å². The van der Waals surface area contributed by atoms with Gasteiger partial charge in [0.1, 0.15) is 5.69 Å². The third kappa shape index (κ3) is 3.87. The van der Waals surface area contributed by atoms with Crippen LogP contribution in [0.2, 0.25) is 0 Å². The van der Waals surface area contributed by atoms with E-state index in [-0.39, 0.29) is 17.6 Å². The van der Waals surface area contributed by atoms with Gasteiger partial charge in [-0.25, -0.2) is 9.48 Å². The van der Waals surface area contributed by atoms with Crippen molar-refractivity contribution >= 4 is 17.6 Å². The number of ether oxygens (including phenoxy) is 1. The molecule has 0 saturated carbocycles. The number of aromatic nitrogens is 4. The van der Waals surface area contributed by atoms with Gasteiger partial charge in [0.2, 0.25) is 0 Å². The van der Waals surface area contributed by atoms with Crippen molar-refractivity contribution in [3.63, 3.8) is 0 Å². The summed E-state index contributed by atoms with van der Waals surface area (Å²) in [6.07, 6.45) is 5.25. The maximum atomic E-state index is 12.4. The summed E-state index contributed by atoms with van der Waals surface area (Å²) in [4.78, 5) is 24.2. The second-order valence-corrected chi connectivity index (χ2v) is 5.96. The minimum atomic E-state index is -0.428. The molecule has 1 aliphatic heterocycles. The normalized spacial score (nSPS) is 15.1. The third-order valence-electron chi connectivity index (χ3n) is 4.17. The number of nitrogens with zero attached hydrogens (tertiary/aromatic N) is 4. The van der Waals surface area contributed by atoms with Crippen molar-refractivity contribution < 1.29 is 14.3 Å². The molecule has 2 aromatic heterocycles. The second-order valence-electron chi connectivity index (χ2n) is 5.96. The molecule has 1 aliphatic rings. The zero-order valence-electron chi connectivity index (χ0n) is 14.4. The maximum Gasteiger partial charge on any atom is 0.355 e. The number of anilines is 1. The predicted octanol–water partition coefficient (Wildman–Crippen LogP) is 0.970. The fourth-order valence-corrected chi connectivity index (χ4v) is 2.87. The van der Waals surface area contributed by atoms with Crippen LogP contribution in [-0.2, 0) is 11.8 Å². The highest BCUT2D eigenvalue weighted by atomic mass is 16.5. The second kappa shape index (κ2) is 7.47. The lowest BCUT2D eigenvalue weighted by Crippen LogP contribution is -2.29. The summed E-state index contributed by atoms with van der Waals surface area (Å²) < 4.78 is 8.34. The number of amides is 1. The Morgan fingerprint density at radius 2 is 2.12 bits per heavy atom. The van der Waals surface area contributed by atoms with Crippen molar-refractivity contribution in [1.82, 2.24) is 24.9 Å². The SMILES string of the molecule is CCOC(=O)c1cc(NC(=O)c2cn(C3CCNCC3)nn2)cn1C. The van der Waals surface area contributed by atoms with Gasteiger partial charge in [-0.1, -0.05) is 5.21 Å². The Bertz CT molecular complexity index is 760. The molecule has 0 spiro atoms. The molecule has 134 valence electrons. The van der Waals surface area contributed by atoms with Crippen molar-refractivity contribution in [2.45, 2.75) is 25.8 Å². The van der Waals surface area contributed by atoms with Crippen LogP contribution in [-0.4, -0.2) is 51.1 Å². The van der Waals surface area contributed by atoms with Gasteiger partial charge in [-0.2, -0.15) is 0 Å². The molecule has 3 rings (SSSR count). The molecule has 0 radical (unpaired) electrons. The lowest BCUT2D eigenvalue weighted by atomic mass is 10.1. The van der Waals surface area contributed by atoms with E-state index in [4.69, 9.17) is 4.74 Å². The van der Waals surface area contributed by atoms with Crippen molar-refractivity contribution in [3.8, 4) is 0 Å². The fourth-order valence-electron chi connectivity index (χ4n) is 2.87. The molecule has 9 heteroatoms. The molecular formula is C16H22N6O3. The molecule has 3 heterocycles. The molecule has 1 amide bonds. The minimum absolute atomic E-state index is 0.250. The predicted molar refractivity (Wildman–Crippen MR) is 90.5 cm³/mol. The molecule has 9 nitrogen and oxygen atoms in total. The maximum absolute atomic E-state index is 12.4. The number of hydrogen-bond acceptors (Lipinski definition) is 6. The topological polar surface area (TPSA) is 103 Å². The zero-order chi connectivity index (χ0) is 17.8. The van der Waals surface area contributed by atoms with Gasteiger partial charge in [-0.05, 0) is 38.9 Å². The van der Waals surface area contributed by atoms with E-state index < -0.39 is 5.97 Å². The molecule has 25 heavy (non-hydrogen) atoms. The van der Waals surface area contributed by atoms with E-state index in [9.17, 15) is 9.59 Å². The number of piperidine rings is 1. The summed E-state index contributed by atoms with van der Waals surface area (Å²) in [5, 5.41) is 14.1. The molecule has 1 fully saturated rings. The van der Waals surface area contributed by atoms with E-state index in [2.05, 4.69) is 20.9 Å². The van der Waals surface area contributed by atoms with Crippen LogP contribution in [0.3, 0.4) is 0 Å². The van der Waals surface area contributed by atoms with Gasteiger partial charge >= 0.3 is 5.97 Å². The quantitative estimate of drug-likeness (QED) is 0.782. The summed E-state index contributed by atoms with van der Waals surface area (Å²) in [6.45, 7) is 3.92. The number of aryl methyl sites for hydroxylation is 1. The lowest BCUT2D eigenvalue weighted by Gasteiger charge is -2.22. The van der Waals surface area contributed by atoms with Gasteiger partial charge in [-0.3, -0.25) is 4.79 Å². The summed E-state index contributed by atoms with van der Waals surface area (Å²) in [6, 6.07) is 1.84. The van der Waals surface area contributed by atoms with Crippen LogP contribution in [0.15, 0.2) is 18.5 Å². The number of carbonyl (C=O) groups is 2. The van der Waals surface area contributed by atoms with Crippen LogP contribution in [0.1, 0.15) is 46.8 Å². The van der Waals surface area contributed by atoms with Gasteiger partial charge < -0.3 is 19.9 Å².